The van der Waals surface area contributed by atoms with Crippen molar-refractivity contribution >= 4 is 49.6 Å². The number of imidazole rings is 1. The number of hydrogen-bond donors (Lipinski definition) is 2. The van der Waals surface area contributed by atoms with E-state index < -0.39 is 22.3 Å². The average molecular weight is 645 g/mol. The summed E-state index contributed by atoms with van der Waals surface area (Å²) in [6.45, 7) is 4.66. The van der Waals surface area contributed by atoms with Crippen LogP contribution in [0.3, 0.4) is 0 Å². The molecule has 0 bridgehead atoms. The second-order valence-corrected chi connectivity index (χ2v) is 13.2. The first-order valence-electron chi connectivity index (χ1n) is 12.8. The van der Waals surface area contributed by atoms with Crippen LogP contribution in [0.2, 0.25) is 0 Å². The van der Waals surface area contributed by atoms with Crippen LogP contribution in [0.1, 0.15) is 74.6 Å². The summed E-state index contributed by atoms with van der Waals surface area (Å²) in [6, 6.07) is 4.02. The monoisotopic (exact) mass is 644 g/mol. The van der Waals surface area contributed by atoms with Gasteiger partial charge >= 0.3 is 6.08 Å². The molecule has 0 aliphatic heterocycles. The molecule has 1 saturated carbocycles. The van der Waals surface area contributed by atoms with Crippen LogP contribution < -0.4 is 10.0 Å². The van der Waals surface area contributed by atoms with Crippen molar-refractivity contribution in [3.8, 4) is 0 Å². The van der Waals surface area contributed by atoms with Crippen LogP contribution in [-0.4, -0.2) is 45.8 Å². The Morgan fingerprint density at radius 2 is 2.00 bits per heavy atom. The lowest BCUT2D eigenvalue weighted by molar-refractivity contribution is 0.343. The van der Waals surface area contributed by atoms with Crippen LogP contribution in [0.4, 0.5) is 14.6 Å². The number of rotatable bonds is 11. The number of fused-ring (bicyclic) bond motifs is 2. The number of nitrogens with one attached hydrogen (secondary N) is 2. The first-order chi connectivity index (χ1) is 17.7. The summed E-state index contributed by atoms with van der Waals surface area (Å²) in [6.07, 6.45) is 2.54. The second-order valence-electron chi connectivity index (χ2n) is 9.96. The molecule has 200 valence electrons. The Bertz CT molecular complexity index is 1430. The lowest BCUT2D eigenvalue weighted by Gasteiger charge is -2.13. The third-order valence-corrected chi connectivity index (χ3v) is 10.1. The lowest BCUT2D eigenvalue weighted by atomic mass is 10.0. The van der Waals surface area contributed by atoms with E-state index in [1.807, 2.05) is 30.5 Å². The first kappa shape index (κ1) is 26.7. The fraction of sp³-hybridized carbons (Fsp3) is 0.560. The van der Waals surface area contributed by atoms with Gasteiger partial charge in [-0.05, 0) is 90.8 Å². The highest BCUT2D eigenvalue weighted by Gasteiger charge is 2.35. The Morgan fingerprint density at radius 3 is 2.73 bits per heavy atom. The molecule has 12 heteroatoms. The van der Waals surface area contributed by atoms with E-state index in [0.717, 1.165) is 33.1 Å². The number of benzene rings is 1. The summed E-state index contributed by atoms with van der Waals surface area (Å²) < 4.78 is 59.0. The van der Waals surface area contributed by atoms with Crippen LogP contribution >= 0.6 is 22.6 Å². The largest absolute Gasteiger partial charge is 0.366 e. The van der Waals surface area contributed by atoms with Crippen LogP contribution in [0.5, 0.6) is 0 Å². The minimum absolute atomic E-state index is 0.0575. The van der Waals surface area contributed by atoms with E-state index in [1.165, 1.54) is 0 Å². The number of anilines is 1. The topological polar surface area (TPSA) is 102 Å². The Labute approximate surface area is 229 Å². The van der Waals surface area contributed by atoms with Gasteiger partial charge in [0.15, 0.2) is 17.0 Å². The van der Waals surface area contributed by atoms with Crippen molar-refractivity contribution in [3.05, 3.63) is 44.3 Å². The molecule has 1 fully saturated rings. The molecule has 5 rings (SSSR count). The van der Waals surface area contributed by atoms with E-state index in [-0.39, 0.29) is 17.8 Å². The van der Waals surface area contributed by atoms with Gasteiger partial charge in [0.2, 0.25) is 10.0 Å². The van der Waals surface area contributed by atoms with E-state index in [0.29, 0.717) is 61.5 Å². The van der Waals surface area contributed by atoms with Gasteiger partial charge in [-0.25, -0.2) is 22.5 Å². The minimum atomic E-state index is -3.28. The molecule has 37 heavy (non-hydrogen) atoms. The number of alkyl halides is 1. The molecule has 2 heterocycles. The molecule has 2 aliphatic carbocycles. The molecule has 0 spiro atoms. The van der Waals surface area contributed by atoms with Crippen molar-refractivity contribution in [1.82, 2.24) is 24.2 Å². The summed E-state index contributed by atoms with van der Waals surface area (Å²) >= 11 is 2.27. The van der Waals surface area contributed by atoms with Crippen molar-refractivity contribution < 1.29 is 17.2 Å². The molecule has 2 N–H and O–H groups in total. The van der Waals surface area contributed by atoms with Crippen LogP contribution in [0.15, 0.2) is 12.1 Å². The van der Waals surface area contributed by atoms with Gasteiger partial charge in [0.05, 0.1) is 5.25 Å². The minimum Gasteiger partial charge on any atom is -0.366 e. The van der Waals surface area contributed by atoms with E-state index in [9.17, 15) is 17.2 Å². The average Bonchev–Trinajstić information content (AvgIpc) is 3.59. The van der Waals surface area contributed by atoms with E-state index in [2.05, 4.69) is 42.6 Å². The zero-order chi connectivity index (χ0) is 26.3. The molecule has 0 saturated heterocycles. The van der Waals surface area contributed by atoms with Crippen molar-refractivity contribution in [2.24, 2.45) is 0 Å². The molecule has 2 aromatic heterocycles. The summed E-state index contributed by atoms with van der Waals surface area (Å²) in [7, 11) is -3.28. The summed E-state index contributed by atoms with van der Waals surface area (Å²) in [5.41, 5.74) is 3.55. The van der Waals surface area contributed by atoms with Crippen molar-refractivity contribution in [1.29, 1.82) is 0 Å². The van der Waals surface area contributed by atoms with E-state index in [1.54, 1.807) is 0 Å². The predicted octanol–water partition coefficient (Wildman–Crippen LogP) is 4.80. The van der Waals surface area contributed by atoms with Crippen LogP contribution in [-0.2, 0) is 29.4 Å². The third-order valence-electron chi connectivity index (χ3n) is 7.13. The molecule has 1 aromatic carbocycles. The quantitative estimate of drug-likeness (QED) is 0.177. The number of halogens is 3. The molecule has 2 aliphatic rings. The van der Waals surface area contributed by atoms with Gasteiger partial charge in [0.25, 0.3) is 0 Å². The Balaban J connectivity index is 1.48. The highest BCUT2D eigenvalue weighted by Crippen LogP contribution is 2.37. The fourth-order valence-electron chi connectivity index (χ4n) is 4.70. The fourth-order valence-corrected chi connectivity index (χ4v) is 6.85. The number of aryl methyl sites for hydroxylation is 2. The number of sulfonamides is 1. The van der Waals surface area contributed by atoms with Crippen LogP contribution in [0.25, 0.3) is 11.2 Å². The molecule has 3 aromatic rings. The molecule has 2 unspecified atom stereocenters. The van der Waals surface area contributed by atoms with Crippen molar-refractivity contribution in [2.45, 2.75) is 82.8 Å². The molecule has 8 nitrogen and oxygen atoms in total. The van der Waals surface area contributed by atoms with Gasteiger partial charge in [-0.1, -0.05) is 13.0 Å². The highest BCUT2D eigenvalue weighted by molar-refractivity contribution is 14.1. The normalized spacial score (nSPS) is 18.4. The third kappa shape index (κ3) is 5.75. The maximum atomic E-state index is 14.5. The highest BCUT2D eigenvalue weighted by atomic mass is 127. The van der Waals surface area contributed by atoms with Crippen molar-refractivity contribution in [2.75, 3.05) is 11.9 Å². The Hall–Kier alpha value is -1.93. The van der Waals surface area contributed by atoms with Crippen molar-refractivity contribution in [3.63, 3.8) is 0 Å². The summed E-state index contributed by atoms with van der Waals surface area (Å²) in [5.74, 6) is 0.984. The van der Waals surface area contributed by atoms with Crippen LogP contribution in [0, 0.1) is 9.65 Å². The number of aromatic nitrogens is 4. The zero-order valence-corrected chi connectivity index (χ0v) is 23.9. The predicted molar refractivity (Wildman–Crippen MR) is 147 cm³/mol. The van der Waals surface area contributed by atoms with Gasteiger partial charge in [0.1, 0.15) is 12.0 Å². The lowest BCUT2D eigenvalue weighted by Crippen LogP contribution is -2.28. The van der Waals surface area contributed by atoms with Gasteiger partial charge in [-0.2, -0.15) is 14.4 Å². The smallest absolute Gasteiger partial charge is 0.312 e. The Kier molecular flexibility index (Phi) is 7.70. The first-order valence-corrected chi connectivity index (χ1v) is 15.4. The summed E-state index contributed by atoms with van der Waals surface area (Å²) in [4.78, 5) is 12.9. The molecular formula is C25H31F2IN6O2S. The molecule has 0 amide bonds. The zero-order valence-electron chi connectivity index (χ0n) is 20.9. The van der Waals surface area contributed by atoms with E-state index >= 15 is 0 Å². The van der Waals surface area contributed by atoms with E-state index in [4.69, 9.17) is 4.98 Å². The van der Waals surface area contributed by atoms with Gasteiger partial charge in [-0.3, -0.25) is 0 Å². The summed E-state index contributed by atoms with van der Waals surface area (Å²) in [5, 5.41) is 2.94. The maximum Gasteiger partial charge on any atom is 0.312 e. The SMILES string of the molecule is CCC(C)Nc1nc(F)nc2c1nc(Cc1cc3c(cc1I)CCC3F)n2CCCNS(=O)(=O)C1CC1. The van der Waals surface area contributed by atoms with Gasteiger partial charge in [-0.15, -0.1) is 0 Å². The Morgan fingerprint density at radius 1 is 1.22 bits per heavy atom. The van der Waals surface area contributed by atoms with Gasteiger partial charge < -0.3 is 9.88 Å². The number of hydrogen-bond acceptors (Lipinski definition) is 6. The standard InChI is InChI=1S/C25H31F2IN6O2S/c1-3-14(2)30-23-22-24(33-25(27)32-23)34(10-4-9-29-37(35,36)17-6-7-17)21(31-22)13-16-11-18-15(12-20(16)28)5-8-19(18)26/h11-12,14,17,19,29H,3-10,13H2,1-2H3,(H,30,32,33). The van der Waals surface area contributed by atoms with Gasteiger partial charge in [0, 0.05) is 29.1 Å². The molecule has 2 atom stereocenters. The number of nitrogens with zero attached hydrogens (tertiary/aromatic N) is 4. The molecule has 0 radical (unpaired) electrons. The second kappa shape index (κ2) is 10.7. The maximum absolute atomic E-state index is 14.5. The molecular weight excluding hydrogens is 613 g/mol.